The van der Waals surface area contributed by atoms with Crippen molar-refractivity contribution >= 4 is 11.8 Å². The summed E-state index contributed by atoms with van der Waals surface area (Å²) in [4.78, 5) is 33.8. The Labute approximate surface area is 158 Å². The molecule has 27 heavy (non-hydrogen) atoms. The van der Waals surface area contributed by atoms with Gasteiger partial charge in [0.25, 0.3) is 5.91 Å². The van der Waals surface area contributed by atoms with Gasteiger partial charge in [-0.15, -0.1) is 0 Å². The molecular weight excluding hydrogens is 344 g/mol. The van der Waals surface area contributed by atoms with Crippen LogP contribution in [-0.4, -0.2) is 44.5 Å². The molecule has 0 spiro atoms. The molecular formula is C20H26N4O3. The number of hydroxylamine groups is 1. The third kappa shape index (κ3) is 4.19. The van der Waals surface area contributed by atoms with Crippen LogP contribution in [0.2, 0.25) is 0 Å². The molecule has 2 unspecified atom stereocenters. The van der Waals surface area contributed by atoms with Gasteiger partial charge >= 0.3 is 0 Å². The number of hydrogen-bond acceptors (Lipinski definition) is 4. The summed E-state index contributed by atoms with van der Waals surface area (Å²) >= 11 is 0. The first kappa shape index (κ1) is 19.1. The van der Waals surface area contributed by atoms with Crippen LogP contribution in [0.25, 0.3) is 0 Å². The SMILES string of the molecule is Cc1ccc(CCC2(C)CCN(C(Cc3cnc[nH]3)C(=O)NO)C2=O)cc1. The average Bonchev–Trinajstić information content (AvgIpc) is 3.28. The number of benzene rings is 1. The molecule has 1 saturated heterocycles. The Bertz CT molecular complexity index is 788. The average molecular weight is 370 g/mol. The topological polar surface area (TPSA) is 98.3 Å². The van der Waals surface area contributed by atoms with E-state index >= 15 is 0 Å². The number of H-pyrrole nitrogens is 1. The van der Waals surface area contributed by atoms with Gasteiger partial charge in [-0.3, -0.25) is 14.8 Å². The molecule has 1 aromatic carbocycles. The lowest BCUT2D eigenvalue weighted by Gasteiger charge is -2.28. The van der Waals surface area contributed by atoms with Crippen molar-refractivity contribution in [2.75, 3.05) is 6.54 Å². The minimum Gasteiger partial charge on any atom is -0.348 e. The molecule has 2 aromatic rings. The highest BCUT2D eigenvalue weighted by Gasteiger charge is 2.46. The molecule has 1 fully saturated rings. The first-order chi connectivity index (χ1) is 12.9. The van der Waals surface area contributed by atoms with Crippen LogP contribution in [0.3, 0.4) is 0 Å². The van der Waals surface area contributed by atoms with Gasteiger partial charge in [-0.1, -0.05) is 36.8 Å². The zero-order valence-electron chi connectivity index (χ0n) is 15.7. The van der Waals surface area contributed by atoms with Gasteiger partial charge in [-0.25, -0.2) is 10.5 Å². The highest BCUT2D eigenvalue weighted by molar-refractivity contribution is 5.91. The lowest BCUT2D eigenvalue weighted by atomic mass is 9.82. The zero-order chi connectivity index (χ0) is 19.4. The fourth-order valence-corrected chi connectivity index (χ4v) is 3.65. The first-order valence-corrected chi connectivity index (χ1v) is 9.21. The predicted octanol–water partition coefficient (Wildman–Crippen LogP) is 2.01. The van der Waals surface area contributed by atoms with Gasteiger partial charge in [0.05, 0.1) is 6.33 Å². The van der Waals surface area contributed by atoms with E-state index in [4.69, 9.17) is 5.21 Å². The summed E-state index contributed by atoms with van der Waals surface area (Å²) in [5.41, 5.74) is 4.35. The second-order valence-corrected chi connectivity index (χ2v) is 7.57. The summed E-state index contributed by atoms with van der Waals surface area (Å²) in [7, 11) is 0. The van der Waals surface area contributed by atoms with Crippen LogP contribution in [0.15, 0.2) is 36.8 Å². The molecule has 2 atom stereocenters. The lowest BCUT2D eigenvalue weighted by Crippen LogP contribution is -2.49. The molecule has 1 aliphatic rings. The largest absolute Gasteiger partial charge is 0.348 e. The predicted molar refractivity (Wildman–Crippen MR) is 99.9 cm³/mol. The third-order valence-electron chi connectivity index (χ3n) is 5.52. The van der Waals surface area contributed by atoms with E-state index in [1.807, 2.05) is 6.92 Å². The van der Waals surface area contributed by atoms with E-state index in [2.05, 4.69) is 41.2 Å². The second kappa shape index (κ2) is 7.92. The fraction of sp³-hybridized carbons (Fsp3) is 0.450. The standard InChI is InChI=1S/C20H26N4O3/c1-14-3-5-15(6-4-14)7-8-20(2)9-10-24(19(20)26)17(18(25)23-27)11-16-12-21-13-22-16/h3-6,12-13,17,27H,7-11H2,1-2H3,(H,21,22)(H,23,25). The number of aromatic nitrogens is 2. The number of carbonyl (C=O) groups excluding carboxylic acids is 2. The van der Waals surface area contributed by atoms with Gasteiger partial charge in [-0.2, -0.15) is 0 Å². The Kier molecular flexibility index (Phi) is 5.60. The molecule has 0 saturated carbocycles. The maximum Gasteiger partial charge on any atom is 0.266 e. The number of rotatable bonds is 7. The molecule has 0 aliphatic carbocycles. The summed E-state index contributed by atoms with van der Waals surface area (Å²) < 4.78 is 0. The summed E-state index contributed by atoms with van der Waals surface area (Å²) in [6, 6.07) is 7.58. The summed E-state index contributed by atoms with van der Waals surface area (Å²) in [6.45, 7) is 4.51. The van der Waals surface area contributed by atoms with E-state index in [9.17, 15) is 9.59 Å². The smallest absolute Gasteiger partial charge is 0.266 e. The van der Waals surface area contributed by atoms with Crippen molar-refractivity contribution in [1.82, 2.24) is 20.3 Å². The Balaban J connectivity index is 1.70. The molecule has 2 heterocycles. The maximum atomic E-state index is 13.1. The quantitative estimate of drug-likeness (QED) is 0.513. The van der Waals surface area contributed by atoms with Crippen molar-refractivity contribution in [3.8, 4) is 0 Å². The van der Waals surface area contributed by atoms with E-state index in [1.165, 1.54) is 17.5 Å². The number of imidazole rings is 1. The molecule has 2 amide bonds. The molecule has 144 valence electrons. The van der Waals surface area contributed by atoms with Crippen LogP contribution in [0.1, 0.15) is 36.6 Å². The Morgan fingerprint density at radius 3 is 2.78 bits per heavy atom. The van der Waals surface area contributed by atoms with Crippen LogP contribution in [0.4, 0.5) is 0 Å². The van der Waals surface area contributed by atoms with Crippen LogP contribution < -0.4 is 5.48 Å². The number of amides is 2. The molecule has 1 aliphatic heterocycles. The van der Waals surface area contributed by atoms with E-state index < -0.39 is 17.4 Å². The lowest BCUT2D eigenvalue weighted by molar-refractivity contribution is -0.145. The number of carbonyl (C=O) groups is 2. The van der Waals surface area contributed by atoms with Crippen molar-refractivity contribution in [3.05, 3.63) is 53.6 Å². The highest BCUT2D eigenvalue weighted by Crippen LogP contribution is 2.37. The number of aryl methyl sites for hydroxylation is 2. The number of nitrogens with zero attached hydrogens (tertiary/aromatic N) is 2. The number of nitrogens with one attached hydrogen (secondary N) is 2. The molecule has 3 rings (SSSR count). The number of hydrogen-bond donors (Lipinski definition) is 3. The molecule has 0 radical (unpaired) electrons. The second-order valence-electron chi connectivity index (χ2n) is 7.57. The van der Waals surface area contributed by atoms with Gasteiger partial charge in [0.15, 0.2) is 0 Å². The van der Waals surface area contributed by atoms with Crippen molar-refractivity contribution in [2.45, 2.75) is 45.6 Å². The summed E-state index contributed by atoms with van der Waals surface area (Å²) in [5.74, 6) is -0.622. The van der Waals surface area contributed by atoms with Crippen LogP contribution in [-0.2, 0) is 22.4 Å². The highest BCUT2D eigenvalue weighted by atomic mass is 16.5. The number of aromatic amines is 1. The summed E-state index contributed by atoms with van der Waals surface area (Å²) in [5, 5.41) is 9.12. The summed E-state index contributed by atoms with van der Waals surface area (Å²) in [6.07, 6.45) is 5.66. The monoisotopic (exact) mass is 370 g/mol. The molecule has 7 heteroatoms. The molecule has 1 aromatic heterocycles. The van der Waals surface area contributed by atoms with E-state index in [0.717, 1.165) is 18.5 Å². The number of likely N-dealkylation sites (tertiary alicyclic amines) is 1. The maximum absolute atomic E-state index is 13.1. The fourth-order valence-electron chi connectivity index (χ4n) is 3.65. The van der Waals surface area contributed by atoms with E-state index in [-0.39, 0.29) is 12.3 Å². The first-order valence-electron chi connectivity index (χ1n) is 9.21. The Morgan fingerprint density at radius 1 is 1.41 bits per heavy atom. The van der Waals surface area contributed by atoms with Crippen LogP contribution >= 0.6 is 0 Å². The van der Waals surface area contributed by atoms with Crippen LogP contribution in [0.5, 0.6) is 0 Å². The normalized spacial score (nSPS) is 20.7. The molecule has 3 N–H and O–H groups in total. The van der Waals surface area contributed by atoms with Gasteiger partial charge < -0.3 is 9.88 Å². The van der Waals surface area contributed by atoms with Crippen molar-refractivity contribution in [2.24, 2.45) is 5.41 Å². The van der Waals surface area contributed by atoms with E-state index in [0.29, 0.717) is 13.0 Å². The van der Waals surface area contributed by atoms with Gasteiger partial charge in [0, 0.05) is 30.3 Å². The zero-order valence-corrected chi connectivity index (χ0v) is 15.7. The van der Waals surface area contributed by atoms with Gasteiger partial charge in [-0.05, 0) is 31.7 Å². The van der Waals surface area contributed by atoms with Crippen molar-refractivity contribution in [3.63, 3.8) is 0 Å². The van der Waals surface area contributed by atoms with Gasteiger partial charge in [0.1, 0.15) is 6.04 Å². The Morgan fingerprint density at radius 2 is 2.15 bits per heavy atom. The van der Waals surface area contributed by atoms with Crippen molar-refractivity contribution < 1.29 is 14.8 Å². The minimum absolute atomic E-state index is 0.0391. The minimum atomic E-state index is -0.760. The van der Waals surface area contributed by atoms with Crippen molar-refractivity contribution in [1.29, 1.82) is 0 Å². The van der Waals surface area contributed by atoms with Crippen LogP contribution in [0, 0.1) is 12.3 Å². The van der Waals surface area contributed by atoms with Gasteiger partial charge in [0.2, 0.25) is 5.91 Å². The molecule has 7 nitrogen and oxygen atoms in total. The molecule has 0 bridgehead atoms. The van der Waals surface area contributed by atoms with E-state index in [1.54, 1.807) is 16.6 Å². The third-order valence-corrected chi connectivity index (χ3v) is 5.52. The Hall–Kier alpha value is -2.67.